The van der Waals surface area contributed by atoms with Crippen molar-refractivity contribution in [1.29, 1.82) is 0 Å². The van der Waals surface area contributed by atoms with E-state index < -0.39 is 0 Å². The van der Waals surface area contributed by atoms with Gasteiger partial charge in [0.2, 0.25) is 11.7 Å². The third-order valence-corrected chi connectivity index (χ3v) is 6.35. The van der Waals surface area contributed by atoms with Crippen LogP contribution in [-0.2, 0) is 11.3 Å². The zero-order valence-electron chi connectivity index (χ0n) is 17.9. The number of hydrogen-bond acceptors (Lipinski definition) is 5. The van der Waals surface area contributed by atoms with Crippen LogP contribution in [0.25, 0.3) is 16.7 Å². The predicted octanol–water partition coefficient (Wildman–Crippen LogP) is 3.99. The first kappa shape index (κ1) is 21.1. The van der Waals surface area contributed by atoms with Gasteiger partial charge in [-0.1, -0.05) is 55.4 Å². The summed E-state index contributed by atoms with van der Waals surface area (Å²) < 4.78 is 3.58. The average Bonchev–Trinajstić information content (AvgIpc) is 3.22. The molecular weight excluding hydrogens is 410 g/mol. The molecule has 4 aromatic rings. The van der Waals surface area contributed by atoms with Crippen LogP contribution in [0, 0.1) is 0 Å². The van der Waals surface area contributed by atoms with Crippen LogP contribution < -0.4 is 10.5 Å². The largest absolute Gasteiger partial charge is 0.315 e. The predicted molar refractivity (Wildman–Crippen MR) is 125 cm³/mol. The van der Waals surface area contributed by atoms with Gasteiger partial charge < -0.3 is 4.90 Å². The summed E-state index contributed by atoms with van der Waals surface area (Å²) in [5, 5.41) is 9.52. The molecule has 0 aliphatic heterocycles. The second-order valence-electron chi connectivity index (χ2n) is 7.44. The summed E-state index contributed by atoms with van der Waals surface area (Å²) in [6.45, 7) is 4.53. The summed E-state index contributed by atoms with van der Waals surface area (Å²) in [4.78, 5) is 27.7. The Hall–Kier alpha value is -3.13. The van der Waals surface area contributed by atoms with Crippen LogP contribution in [0.5, 0.6) is 0 Å². The Balaban J connectivity index is 1.74. The molecule has 0 radical (unpaired) electrons. The quantitative estimate of drug-likeness (QED) is 0.411. The molecule has 0 aliphatic carbocycles. The summed E-state index contributed by atoms with van der Waals surface area (Å²) in [6.07, 6.45) is 1.85. The molecule has 7 nitrogen and oxygen atoms in total. The fraction of sp³-hybridized carbons (Fsp3) is 0.304. The van der Waals surface area contributed by atoms with Crippen LogP contribution >= 0.6 is 11.8 Å². The molecule has 0 N–H and O–H groups in total. The molecule has 1 unspecified atom stereocenters. The van der Waals surface area contributed by atoms with Crippen molar-refractivity contribution in [2.45, 2.75) is 43.6 Å². The molecular formula is C23H25N5O2S. The van der Waals surface area contributed by atoms with Crippen molar-refractivity contribution in [3.05, 3.63) is 65.0 Å². The van der Waals surface area contributed by atoms with E-state index in [-0.39, 0.29) is 16.7 Å². The monoisotopic (exact) mass is 435 g/mol. The van der Waals surface area contributed by atoms with Crippen molar-refractivity contribution in [2.75, 3.05) is 11.9 Å². The Kier molecular flexibility index (Phi) is 6.08. The van der Waals surface area contributed by atoms with Crippen LogP contribution in [-0.4, -0.2) is 37.4 Å². The number of aryl methyl sites for hydroxylation is 1. The third kappa shape index (κ3) is 3.95. The standard InChI is InChI=1S/C23H25N5O2S/c1-4-5-15-27-21(30)18-13-9-10-14-19(18)28-22(27)24-25-23(28)31-16(2)20(29)26(3)17-11-7-6-8-12-17/h6-14,16H,4-5,15H2,1-3H3. The molecule has 0 fully saturated rings. The molecule has 8 heteroatoms. The van der Waals surface area contributed by atoms with E-state index in [0.717, 1.165) is 24.0 Å². The van der Waals surface area contributed by atoms with Crippen LogP contribution in [0.3, 0.4) is 0 Å². The third-order valence-electron chi connectivity index (χ3n) is 5.32. The van der Waals surface area contributed by atoms with Gasteiger partial charge in [-0.3, -0.25) is 18.6 Å². The molecule has 31 heavy (non-hydrogen) atoms. The number of amides is 1. The Labute approximate surface area is 184 Å². The van der Waals surface area contributed by atoms with Gasteiger partial charge in [0.25, 0.3) is 5.56 Å². The highest BCUT2D eigenvalue weighted by molar-refractivity contribution is 8.00. The number of carbonyl (C=O) groups is 1. The SMILES string of the molecule is CCCCn1c(=O)c2ccccc2n2c(SC(C)C(=O)N(C)c3ccccc3)nnc12. The fourth-order valence-corrected chi connectivity index (χ4v) is 4.54. The van der Waals surface area contributed by atoms with Crippen molar-refractivity contribution < 1.29 is 4.79 Å². The number of fused-ring (bicyclic) bond motifs is 3. The molecule has 0 bridgehead atoms. The number of thioether (sulfide) groups is 1. The van der Waals surface area contributed by atoms with Crippen LogP contribution in [0.4, 0.5) is 5.69 Å². The minimum Gasteiger partial charge on any atom is -0.315 e. The normalized spacial score (nSPS) is 12.4. The van der Waals surface area contributed by atoms with Crippen molar-refractivity contribution in [3.8, 4) is 0 Å². The van der Waals surface area contributed by atoms with E-state index in [4.69, 9.17) is 0 Å². The molecule has 2 heterocycles. The smallest absolute Gasteiger partial charge is 0.262 e. The van der Waals surface area contributed by atoms with E-state index in [1.807, 2.05) is 65.9 Å². The lowest BCUT2D eigenvalue weighted by Gasteiger charge is -2.20. The van der Waals surface area contributed by atoms with Gasteiger partial charge in [0, 0.05) is 19.3 Å². The number of nitrogens with zero attached hydrogens (tertiary/aromatic N) is 5. The number of carbonyl (C=O) groups excluding carboxylic acids is 1. The molecule has 1 atom stereocenters. The Morgan fingerprint density at radius 2 is 1.81 bits per heavy atom. The summed E-state index contributed by atoms with van der Waals surface area (Å²) in [5.41, 5.74) is 1.53. The maximum atomic E-state index is 13.0. The van der Waals surface area contributed by atoms with Gasteiger partial charge in [-0.15, -0.1) is 10.2 Å². The second-order valence-corrected chi connectivity index (χ2v) is 8.75. The molecule has 0 spiro atoms. The Bertz CT molecular complexity index is 1280. The highest BCUT2D eigenvalue weighted by atomic mass is 32.2. The first-order valence-corrected chi connectivity index (χ1v) is 11.3. The fourth-order valence-electron chi connectivity index (χ4n) is 3.59. The van der Waals surface area contributed by atoms with Gasteiger partial charge in [-0.25, -0.2) is 0 Å². The van der Waals surface area contributed by atoms with Crippen LogP contribution in [0.15, 0.2) is 64.5 Å². The van der Waals surface area contributed by atoms with E-state index in [1.165, 1.54) is 11.8 Å². The molecule has 0 saturated carbocycles. The van der Waals surface area contributed by atoms with E-state index in [0.29, 0.717) is 22.9 Å². The lowest BCUT2D eigenvalue weighted by molar-refractivity contribution is -0.117. The highest BCUT2D eigenvalue weighted by Crippen LogP contribution is 2.27. The second kappa shape index (κ2) is 8.93. The van der Waals surface area contributed by atoms with Crippen LogP contribution in [0.1, 0.15) is 26.7 Å². The zero-order valence-corrected chi connectivity index (χ0v) is 18.7. The van der Waals surface area contributed by atoms with Gasteiger partial charge in [-0.2, -0.15) is 0 Å². The molecule has 2 aromatic heterocycles. The molecule has 4 rings (SSSR count). The van der Waals surface area contributed by atoms with E-state index in [1.54, 1.807) is 16.5 Å². The summed E-state index contributed by atoms with van der Waals surface area (Å²) >= 11 is 1.35. The lowest BCUT2D eigenvalue weighted by Crippen LogP contribution is -2.33. The molecule has 160 valence electrons. The number of hydrogen-bond donors (Lipinski definition) is 0. The minimum absolute atomic E-state index is 0.0310. The van der Waals surface area contributed by atoms with Gasteiger partial charge >= 0.3 is 0 Å². The van der Waals surface area contributed by atoms with Crippen molar-refractivity contribution in [1.82, 2.24) is 19.2 Å². The maximum Gasteiger partial charge on any atom is 0.262 e. The van der Waals surface area contributed by atoms with E-state index >= 15 is 0 Å². The van der Waals surface area contributed by atoms with E-state index in [2.05, 4.69) is 17.1 Å². The van der Waals surface area contributed by atoms with Crippen LogP contribution in [0.2, 0.25) is 0 Å². The van der Waals surface area contributed by atoms with Gasteiger partial charge in [0.1, 0.15) is 0 Å². The summed E-state index contributed by atoms with van der Waals surface area (Å²) in [6, 6.07) is 17.0. The van der Waals surface area contributed by atoms with Crippen molar-refractivity contribution in [2.24, 2.45) is 0 Å². The van der Waals surface area contributed by atoms with Gasteiger partial charge in [0.05, 0.1) is 16.2 Å². The Morgan fingerprint density at radius 1 is 1.10 bits per heavy atom. The van der Waals surface area contributed by atoms with Gasteiger partial charge in [0.15, 0.2) is 5.16 Å². The van der Waals surface area contributed by atoms with Crippen molar-refractivity contribution in [3.63, 3.8) is 0 Å². The maximum absolute atomic E-state index is 13.0. The Morgan fingerprint density at radius 3 is 2.55 bits per heavy atom. The highest BCUT2D eigenvalue weighted by Gasteiger charge is 2.24. The summed E-state index contributed by atoms with van der Waals surface area (Å²) in [5.74, 6) is 0.479. The molecule has 2 aromatic carbocycles. The summed E-state index contributed by atoms with van der Waals surface area (Å²) in [7, 11) is 1.77. The average molecular weight is 436 g/mol. The number of aromatic nitrogens is 4. The molecule has 0 saturated heterocycles. The first-order chi connectivity index (χ1) is 15.0. The zero-order chi connectivity index (χ0) is 22.0. The number of unbranched alkanes of at least 4 members (excludes halogenated alkanes) is 1. The number of rotatable bonds is 7. The number of benzene rings is 2. The molecule has 1 amide bonds. The topological polar surface area (TPSA) is 72.5 Å². The van der Waals surface area contributed by atoms with Crippen molar-refractivity contribution >= 4 is 40.0 Å². The minimum atomic E-state index is -0.382. The number of anilines is 1. The van der Waals surface area contributed by atoms with E-state index in [9.17, 15) is 9.59 Å². The first-order valence-electron chi connectivity index (χ1n) is 10.4. The molecule has 0 aliphatic rings. The van der Waals surface area contributed by atoms with Gasteiger partial charge in [-0.05, 0) is 37.6 Å². The lowest BCUT2D eigenvalue weighted by atomic mass is 10.2. The number of para-hydroxylation sites is 2.